The van der Waals surface area contributed by atoms with Crippen molar-refractivity contribution in [2.45, 2.75) is 38.6 Å². The predicted molar refractivity (Wildman–Crippen MR) is 100 cm³/mol. The van der Waals surface area contributed by atoms with Crippen molar-refractivity contribution in [2.24, 2.45) is 16.5 Å². The van der Waals surface area contributed by atoms with Gasteiger partial charge < -0.3 is 16.4 Å². The zero-order chi connectivity index (χ0) is 19.7. The Balaban J connectivity index is 2.40. The lowest BCUT2D eigenvalue weighted by Gasteiger charge is -2.25. The molecule has 0 aliphatic heterocycles. The van der Waals surface area contributed by atoms with E-state index in [4.69, 9.17) is 23.1 Å². The molecule has 0 aromatic heterocycles. The number of carbonyl (C=O) groups excluding carboxylic acids is 2. The summed E-state index contributed by atoms with van der Waals surface area (Å²) in [7, 11) is 1.73. The van der Waals surface area contributed by atoms with Crippen LogP contribution in [0.25, 0.3) is 0 Å². The van der Waals surface area contributed by atoms with Gasteiger partial charge in [-0.05, 0) is 37.8 Å². The van der Waals surface area contributed by atoms with Gasteiger partial charge in [-0.3, -0.25) is 15.1 Å². The van der Waals surface area contributed by atoms with Crippen LogP contribution in [0.1, 0.15) is 31.7 Å². The largest absolute Gasteiger partial charge is 0.370 e. The molecule has 7 nitrogen and oxygen atoms in total. The number of nitrogens with zero attached hydrogens (tertiary/aromatic N) is 2. The highest BCUT2D eigenvalue weighted by Crippen LogP contribution is 2.21. The number of guanidine groups is 1. The maximum absolute atomic E-state index is 13.4. The Hall–Kier alpha value is -2.35. The molecule has 1 aromatic carbocycles. The fourth-order valence-corrected chi connectivity index (χ4v) is 2.57. The van der Waals surface area contributed by atoms with E-state index in [0.29, 0.717) is 24.9 Å². The van der Waals surface area contributed by atoms with Crippen LogP contribution in [0, 0.1) is 5.82 Å². The normalized spacial score (nSPS) is 12.5. The summed E-state index contributed by atoms with van der Waals surface area (Å²) < 4.78 is 13.4. The Kier molecular flexibility index (Phi) is 8.84. The fraction of sp³-hybridized carbons (Fsp3) is 0.471. The molecule has 0 radical (unpaired) electrons. The molecule has 0 aliphatic rings. The number of aryl methyl sites for hydroxylation is 1. The molecular formula is C17H25ClFN5O2. The molecule has 0 fully saturated rings. The zero-order valence-electron chi connectivity index (χ0n) is 15.0. The van der Waals surface area contributed by atoms with E-state index >= 15 is 0 Å². The molecule has 0 saturated carbocycles. The monoisotopic (exact) mass is 385 g/mol. The highest BCUT2D eigenvalue weighted by Gasteiger charge is 2.16. The SMILES string of the molecule is CC(CCCN=C(N)NC(N)=O)N(C)C(=O)CCc1cccc(F)c1Cl. The van der Waals surface area contributed by atoms with Crippen molar-refractivity contribution in [3.63, 3.8) is 0 Å². The topological polar surface area (TPSA) is 114 Å². The van der Waals surface area contributed by atoms with E-state index in [2.05, 4.69) is 10.3 Å². The van der Waals surface area contributed by atoms with Crippen molar-refractivity contribution in [3.05, 3.63) is 34.6 Å². The summed E-state index contributed by atoms with van der Waals surface area (Å²) in [5.74, 6) is -0.554. The number of rotatable bonds is 8. The van der Waals surface area contributed by atoms with Crippen molar-refractivity contribution in [2.75, 3.05) is 13.6 Å². The number of hydrogen-bond acceptors (Lipinski definition) is 3. The number of amides is 3. The molecule has 1 aromatic rings. The second-order valence-corrected chi connectivity index (χ2v) is 6.34. The highest BCUT2D eigenvalue weighted by atomic mass is 35.5. The van der Waals surface area contributed by atoms with E-state index in [0.717, 1.165) is 6.42 Å². The van der Waals surface area contributed by atoms with Crippen molar-refractivity contribution >= 4 is 29.5 Å². The number of nitrogens with two attached hydrogens (primary N) is 2. The van der Waals surface area contributed by atoms with Crippen LogP contribution >= 0.6 is 11.6 Å². The standard InChI is InChI=1S/C17H25ClFN5O2/c1-11(5-4-10-22-16(20)23-17(21)26)24(2)14(25)9-8-12-6-3-7-13(19)15(12)18/h3,6-7,11H,4-5,8-10H2,1-2H3,(H5,20,21,22,23,26). The van der Waals surface area contributed by atoms with E-state index in [9.17, 15) is 14.0 Å². The Labute approximate surface area is 157 Å². The van der Waals surface area contributed by atoms with Gasteiger partial charge in [0.2, 0.25) is 5.91 Å². The van der Waals surface area contributed by atoms with Gasteiger partial charge in [-0.15, -0.1) is 0 Å². The van der Waals surface area contributed by atoms with Crippen LogP contribution in [-0.4, -0.2) is 42.4 Å². The molecule has 9 heteroatoms. The Bertz CT molecular complexity index is 669. The van der Waals surface area contributed by atoms with Gasteiger partial charge in [0.15, 0.2) is 5.96 Å². The van der Waals surface area contributed by atoms with E-state index in [1.165, 1.54) is 6.07 Å². The molecule has 5 N–H and O–H groups in total. The lowest BCUT2D eigenvalue weighted by molar-refractivity contribution is -0.131. The van der Waals surface area contributed by atoms with E-state index in [1.807, 2.05) is 6.92 Å². The smallest absolute Gasteiger partial charge is 0.318 e. The van der Waals surface area contributed by atoms with Gasteiger partial charge >= 0.3 is 6.03 Å². The fourth-order valence-electron chi connectivity index (χ4n) is 2.35. The molecule has 26 heavy (non-hydrogen) atoms. The first-order valence-corrected chi connectivity index (χ1v) is 8.65. The van der Waals surface area contributed by atoms with Crippen LogP contribution in [-0.2, 0) is 11.2 Å². The summed E-state index contributed by atoms with van der Waals surface area (Å²) in [4.78, 5) is 28.5. The number of hydrogen-bond donors (Lipinski definition) is 3. The van der Waals surface area contributed by atoms with Gasteiger partial charge in [-0.2, -0.15) is 0 Å². The first-order chi connectivity index (χ1) is 12.2. The maximum atomic E-state index is 13.4. The summed E-state index contributed by atoms with van der Waals surface area (Å²) >= 11 is 5.90. The van der Waals surface area contributed by atoms with Crippen LogP contribution < -0.4 is 16.8 Å². The third-order valence-electron chi connectivity index (χ3n) is 4.01. The minimum atomic E-state index is -0.761. The van der Waals surface area contributed by atoms with E-state index in [1.54, 1.807) is 24.1 Å². The van der Waals surface area contributed by atoms with Crippen molar-refractivity contribution < 1.29 is 14.0 Å². The number of halogens is 2. The average Bonchev–Trinajstić information content (AvgIpc) is 2.58. The minimum Gasteiger partial charge on any atom is -0.370 e. The molecule has 0 saturated heterocycles. The lowest BCUT2D eigenvalue weighted by atomic mass is 10.1. The molecule has 3 amide bonds. The van der Waals surface area contributed by atoms with Crippen molar-refractivity contribution in [1.29, 1.82) is 0 Å². The van der Waals surface area contributed by atoms with Gasteiger partial charge in [0, 0.05) is 26.1 Å². The van der Waals surface area contributed by atoms with E-state index < -0.39 is 11.8 Å². The van der Waals surface area contributed by atoms with Crippen LogP contribution in [0.2, 0.25) is 5.02 Å². The molecular weight excluding hydrogens is 361 g/mol. The zero-order valence-corrected chi connectivity index (χ0v) is 15.7. The lowest BCUT2D eigenvalue weighted by Crippen LogP contribution is -2.40. The average molecular weight is 386 g/mol. The summed E-state index contributed by atoms with van der Waals surface area (Å²) in [6.45, 7) is 2.35. The maximum Gasteiger partial charge on any atom is 0.318 e. The Morgan fingerprint density at radius 3 is 2.73 bits per heavy atom. The highest BCUT2D eigenvalue weighted by molar-refractivity contribution is 6.31. The van der Waals surface area contributed by atoms with E-state index in [-0.39, 0.29) is 29.4 Å². The second-order valence-electron chi connectivity index (χ2n) is 5.97. The molecule has 0 spiro atoms. The van der Waals surface area contributed by atoms with Crippen LogP contribution in [0.3, 0.4) is 0 Å². The first kappa shape index (κ1) is 21.7. The number of primary amides is 1. The van der Waals surface area contributed by atoms with Gasteiger partial charge in [0.05, 0.1) is 5.02 Å². The van der Waals surface area contributed by atoms with Crippen molar-refractivity contribution in [1.82, 2.24) is 10.2 Å². The number of nitrogens with one attached hydrogen (secondary N) is 1. The summed E-state index contributed by atoms with van der Waals surface area (Å²) in [5.41, 5.74) is 11.0. The molecule has 0 heterocycles. The molecule has 144 valence electrons. The van der Waals surface area contributed by atoms with Crippen LogP contribution in [0.5, 0.6) is 0 Å². The van der Waals surface area contributed by atoms with Crippen LogP contribution in [0.4, 0.5) is 9.18 Å². The second kappa shape index (κ2) is 10.6. The third kappa shape index (κ3) is 7.26. The predicted octanol–water partition coefficient (Wildman–Crippen LogP) is 2.02. The third-order valence-corrected chi connectivity index (χ3v) is 4.43. The number of aliphatic imine (C=N–C) groups is 1. The molecule has 1 rings (SSSR count). The van der Waals surface area contributed by atoms with Crippen LogP contribution in [0.15, 0.2) is 23.2 Å². The number of carbonyl (C=O) groups is 2. The van der Waals surface area contributed by atoms with Crippen molar-refractivity contribution in [3.8, 4) is 0 Å². The molecule has 0 bridgehead atoms. The van der Waals surface area contributed by atoms with Gasteiger partial charge in [0.1, 0.15) is 5.82 Å². The molecule has 1 atom stereocenters. The Morgan fingerprint density at radius 2 is 2.08 bits per heavy atom. The van der Waals surface area contributed by atoms with Gasteiger partial charge in [-0.1, -0.05) is 23.7 Å². The van der Waals surface area contributed by atoms with Gasteiger partial charge in [-0.25, -0.2) is 9.18 Å². The number of benzene rings is 1. The number of urea groups is 1. The minimum absolute atomic E-state index is 0.00556. The van der Waals surface area contributed by atoms with Gasteiger partial charge in [0.25, 0.3) is 0 Å². The Morgan fingerprint density at radius 1 is 1.38 bits per heavy atom. The quantitative estimate of drug-likeness (QED) is 0.361. The molecule has 0 aliphatic carbocycles. The summed E-state index contributed by atoms with van der Waals surface area (Å²) in [6.07, 6.45) is 2.04. The molecule has 1 unspecified atom stereocenters. The summed E-state index contributed by atoms with van der Waals surface area (Å²) in [5, 5.41) is 2.24. The first-order valence-electron chi connectivity index (χ1n) is 8.27. The summed E-state index contributed by atoms with van der Waals surface area (Å²) in [6, 6.07) is 3.82.